The number of piperazine rings is 1. The lowest BCUT2D eigenvalue weighted by molar-refractivity contribution is -0.133. The van der Waals surface area contributed by atoms with E-state index >= 15 is 0 Å². The van der Waals surface area contributed by atoms with Gasteiger partial charge in [0.2, 0.25) is 5.91 Å². The Bertz CT molecular complexity index is 670. The lowest BCUT2D eigenvalue weighted by Gasteiger charge is -2.32. The molecule has 2 atom stereocenters. The second kappa shape index (κ2) is 6.27. The van der Waals surface area contributed by atoms with Gasteiger partial charge in [-0.25, -0.2) is 4.98 Å². The quantitative estimate of drug-likeness (QED) is 0.915. The Morgan fingerprint density at radius 2 is 2.16 bits per heavy atom. The number of nitrogens with zero attached hydrogens (tertiary/aromatic N) is 3. The van der Waals surface area contributed by atoms with Crippen LogP contribution in [0.5, 0.6) is 0 Å². The summed E-state index contributed by atoms with van der Waals surface area (Å²) in [6, 6.07) is 5.64. The van der Waals surface area contributed by atoms with Crippen molar-refractivity contribution in [3.8, 4) is 0 Å². The van der Waals surface area contributed by atoms with Crippen molar-refractivity contribution in [3.63, 3.8) is 0 Å². The zero-order valence-electron chi connectivity index (χ0n) is 14.9. The van der Waals surface area contributed by atoms with Gasteiger partial charge in [0.05, 0.1) is 0 Å². The van der Waals surface area contributed by atoms with Gasteiger partial charge in [0.25, 0.3) is 0 Å². The van der Waals surface area contributed by atoms with Crippen molar-refractivity contribution in [2.75, 3.05) is 24.5 Å². The van der Waals surface area contributed by atoms with Crippen LogP contribution in [0.15, 0.2) is 12.1 Å². The molecule has 4 aliphatic rings. The molecular weight excluding hydrogens is 312 g/mol. The fourth-order valence-corrected chi connectivity index (χ4v) is 5.21. The molecule has 25 heavy (non-hydrogen) atoms. The molecule has 1 saturated carbocycles. The average Bonchev–Trinajstić information content (AvgIpc) is 3.39. The molecule has 1 aromatic heterocycles. The summed E-state index contributed by atoms with van der Waals surface area (Å²) in [5.74, 6) is 2.12. The normalized spacial score (nSPS) is 28.6. The van der Waals surface area contributed by atoms with Crippen molar-refractivity contribution in [2.24, 2.45) is 5.92 Å². The van der Waals surface area contributed by atoms with Gasteiger partial charge in [-0.05, 0) is 36.8 Å². The second-order valence-electron chi connectivity index (χ2n) is 8.34. The molecule has 2 bridgehead atoms. The van der Waals surface area contributed by atoms with E-state index in [0.29, 0.717) is 23.9 Å². The number of anilines is 1. The van der Waals surface area contributed by atoms with E-state index in [9.17, 15) is 4.79 Å². The van der Waals surface area contributed by atoms with Gasteiger partial charge in [0.15, 0.2) is 0 Å². The van der Waals surface area contributed by atoms with Crippen molar-refractivity contribution in [1.82, 2.24) is 15.2 Å². The largest absolute Gasteiger partial charge is 0.351 e. The van der Waals surface area contributed by atoms with E-state index < -0.39 is 0 Å². The Morgan fingerprint density at radius 1 is 1.28 bits per heavy atom. The van der Waals surface area contributed by atoms with E-state index in [-0.39, 0.29) is 0 Å². The molecule has 1 amide bonds. The van der Waals surface area contributed by atoms with Gasteiger partial charge in [0.1, 0.15) is 5.82 Å². The van der Waals surface area contributed by atoms with Gasteiger partial charge in [-0.1, -0.05) is 18.9 Å². The van der Waals surface area contributed by atoms with Gasteiger partial charge in [-0.3, -0.25) is 4.79 Å². The van der Waals surface area contributed by atoms with Crippen molar-refractivity contribution >= 4 is 11.7 Å². The Labute approximate surface area is 149 Å². The number of fused-ring (bicyclic) bond motifs is 3. The summed E-state index contributed by atoms with van der Waals surface area (Å²) >= 11 is 0. The van der Waals surface area contributed by atoms with Crippen molar-refractivity contribution < 1.29 is 4.79 Å². The van der Waals surface area contributed by atoms with E-state index in [2.05, 4.69) is 27.2 Å². The van der Waals surface area contributed by atoms with E-state index in [4.69, 9.17) is 4.98 Å². The Balaban J connectivity index is 1.26. The first-order valence-electron chi connectivity index (χ1n) is 10.0. The number of pyridine rings is 1. The third kappa shape index (κ3) is 2.92. The lowest BCUT2D eigenvalue weighted by atomic mass is 10.0. The highest BCUT2D eigenvalue weighted by atomic mass is 16.2. The first-order chi connectivity index (χ1) is 12.3. The van der Waals surface area contributed by atoms with Crippen LogP contribution in [0.25, 0.3) is 0 Å². The highest BCUT2D eigenvalue weighted by Crippen LogP contribution is 2.31. The van der Waals surface area contributed by atoms with Gasteiger partial charge >= 0.3 is 0 Å². The van der Waals surface area contributed by atoms with Crippen LogP contribution in [0.1, 0.15) is 49.8 Å². The number of rotatable bonds is 3. The van der Waals surface area contributed by atoms with Gasteiger partial charge in [-0.2, -0.15) is 0 Å². The molecule has 1 aliphatic carbocycles. The summed E-state index contributed by atoms with van der Waals surface area (Å²) in [7, 11) is 0. The average molecular weight is 340 g/mol. The SMILES string of the molecule is O=C(CC1CCCC1)N1CCc2nc(N3C[C@@H]4C[C@H]3CN4)ccc2C1. The van der Waals surface area contributed by atoms with Crippen LogP contribution < -0.4 is 10.2 Å². The standard InChI is InChI=1S/C20H28N4O/c25-20(9-14-3-1-2-4-14)23-8-7-18-15(12-23)5-6-19(22-18)24-13-16-10-17(24)11-21-16/h5-6,14,16-17,21H,1-4,7-13H2/t16-,17-/m0/s1. The summed E-state index contributed by atoms with van der Waals surface area (Å²) in [6.07, 6.45) is 8.01. The molecule has 0 spiro atoms. The summed E-state index contributed by atoms with van der Waals surface area (Å²) in [5.41, 5.74) is 2.45. The summed E-state index contributed by atoms with van der Waals surface area (Å²) in [5, 5.41) is 3.55. The number of hydrogen-bond donors (Lipinski definition) is 1. The maximum absolute atomic E-state index is 12.6. The fraction of sp³-hybridized carbons (Fsp3) is 0.700. The number of carbonyl (C=O) groups is 1. The van der Waals surface area contributed by atoms with Crippen LogP contribution >= 0.6 is 0 Å². The number of nitrogens with one attached hydrogen (secondary N) is 1. The monoisotopic (exact) mass is 340 g/mol. The molecule has 1 aromatic rings. The topological polar surface area (TPSA) is 48.5 Å². The maximum Gasteiger partial charge on any atom is 0.223 e. The predicted molar refractivity (Wildman–Crippen MR) is 97.5 cm³/mol. The smallest absolute Gasteiger partial charge is 0.223 e. The summed E-state index contributed by atoms with van der Waals surface area (Å²) < 4.78 is 0. The van der Waals surface area contributed by atoms with Crippen LogP contribution in [-0.4, -0.2) is 47.5 Å². The molecule has 5 heteroatoms. The highest BCUT2D eigenvalue weighted by Gasteiger charge is 2.38. The van der Waals surface area contributed by atoms with Crippen LogP contribution in [0.4, 0.5) is 5.82 Å². The Kier molecular flexibility index (Phi) is 3.92. The molecule has 134 valence electrons. The molecular formula is C20H28N4O. The first-order valence-corrected chi connectivity index (χ1v) is 10.0. The van der Waals surface area contributed by atoms with E-state index in [1.54, 1.807) is 0 Å². The number of carbonyl (C=O) groups excluding carboxylic acids is 1. The van der Waals surface area contributed by atoms with Crippen LogP contribution in [0.2, 0.25) is 0 Å². The fourth-order valence-electron chi connectivity index (χ4n) is 5.21. The molecule has 1 N–H and O–H groups in total. The molecule has 4 heterocycles. The summed E-state index contributed by atoms with van der Waals surface area (Å²) in [4.78, 5) is 22.1. The minimum absolute atomic E-state index is 0.351. The zero-order chi connectivity index (χ0) is 16.8. The molecule has 3 aliphatic heterocycles. The van der Waals surface area contributed by atoms with Gasteiger partial charge in [-0.15, -0.1) is 0 Å². The molecule has 5 nitrogen and oxygen atoms in total. The van der Waals surface area contributed by atoms with Crippen LogP contribution in [0, 0.1) is 5.92 Å². The van der Waals surface area contributed by atoms with Crippen molar-refractivity contribution in [1.29, 1.82) is 0 Å². The lowest BCUT2D eigenvalue weighted by Crippen LogP contribution is -2.44. The van der Waals surface area contributed by atoms with Gasteiger partial charge < -0.3 is 15.1 Å². The predicted octanol–water partition coefficient (Wildman–Crippen LogP) is 2.10. The van der Waals surface area contributed by atoms with Crippen molar-refractivity contribution in [3.05, 3.63) is 23.4 Å². The third-order valence-corrected chi connectivity index (χ3v) is 6.68. The van der Waals surface area contributed by atoms with E-state index in [1.165, 1.54) is 43.4 Å². The number of amides is 1. The zero-order valence-corrected chi connectivity index (χ0v) is 14.9. The molecule has 2 saturated heterocycles. The van der Waals surface area contributed by atoms with Gasteiger partial charge in [0, 0.05) is 56.8 Å². The molecule has 5 rings (SSSR count). The Hall–Kier alpha value is -1.62. The van der Waals surface area contributed by atoms with E-state index in [0.717, 1.165) is 44.8 Å². The van der Waals surface area contributed by atoms with E-state index in [1.807, 2.05) is 0 Å². The molecule has 0 aromatic carbocycles. The van der Waals surface area contributed by atoms with Crippen molar-refractivity contribution in [2.45, 2.75) is 63.6 Å². The maximum atomic E-state index is 12.6. The highest BCUT2D eigenvalue weighted by molar-refractivity contribution is 5.76. The summed E-state index contributed by atoms with van der Waals surface area (Å²) in [6.45, 7) is 3.76. The second-order valence-corrected chi connectivity index (χ2v) is 8.34. The Morgan fingerprint density at radius 3 is 2.92 bits per heavy atom. The number of hydrogen-bond acceptors (Lipinski definition) is 4. The molecule has 3 fully saturated rings. The minimum atomic E-state index is 0.351. The van der Waals surface area contributed by atoms with Crippen LogP contribution in [0.3, 0.4) is 0 Å². The third-order valence-electron chi connectivity index (χ3n) is 6.68. The van der Waals surface area contributed by atoms with Crippen LogP contribution in [-0.2, 0) is 17.8 Å². The first kappa shape index (κ1) is 15.6. The molecule has 0 radical (unpaired) electrons. The minimum Gasteiger partial charge on any atom is -0.351 e. The number of aromatic nitrogens is 1. The molecule has 0 unspecified atom stereocenters.